The normalized spacial score (nSPS) is 17.0. The molecule has 0 bridgehead atoms. The maximum Gasteiger partial charge on any atom is 0.251 e. The SMILES string of the molecule is CCC1=C(C)C(=O)N/C1=C\c1[nH]c(C=O)c(CC)c1C. The molecule has 2 rings (SSSR count). The van der Waals surface area contributed by atoms with Crippen LogP contribution in [0.4, 0.5) is 0 Å². The van der Waals surface area contributed by atoms with E-state index >= 15 is 0 Å². The average Bonchev–Trinajstić information content (AvgIpc) is 2.88. The van der Waals surface area contributed by atoms with E-state index in [9.17, 15) is 9.59 Å². The molecule has 0 saturated carbocycles. The Labute approximate surface area is 119 Å². The molecule has 4 heteroatoms. The lowest BCUT2D eigenvalue weighted by atomic mass is 10.0. The number of hydrogen-bond acceptors (Lipinski definition) is 2. The predicted molar refractivity (Wildman–Crippen MR) is 79.4 cm³/mol. The Morgan fingerprint density at radius 1 is 1.10 bits per heavy atom. The highest BCUT2D eigenvalue weighted by molar-refractivity contribution is 6.00. The standard InChI is InChI=1S/C16H20N2O2/c1-5-11-9(3)13(17-15(11)8-19)7-14-12(6-2)10(4)16(20)18-14/h7-8,17H,5-6H2,1-4H3,(H,18,20)/b14-7-. The van der Waals surface area contributed by atoms with Gasteiger partial charge in [0.05, 0.1) is 5.69 Å². The number of rotatable bonds is 4. The van der Waals surface area contributed by atoms with Gasteiger partial charge in [-0.2, -0.15) is 0 Å². The maximum absolute atomic E-state index is 11.7. The molecular weight excluding hydrogens is 252 g/mol. The first-order valence-corrected chi connectivity index (χ1v) is 6.93. The van der Waals surface area contributed by atoms with Crippen molar-refractivity contribution >= 4 is 18.3 Å². The van der Waals surface area contributed by atoms with Crippen molar-refractivity contribution in [1.29, 1.82) is 0 Å². The Morgan fingerprint density at radius 3 is 2.30 bits per heavy atom. The fourth-order valence-corrected chi connectivity index (χ4v) is 2.73. The van der Waals surface area contributed by atoms with Gasteiger partial charge in [-0.05, 0) is 49.5 Å². The van der Waals surface area contributed by atoms with Gasteiger partial charge in [-0.3, -0.25) is 9.59 Å². The van der Waals surface area contributed by atoms with Gasteiger partial charge in [0, 0.05) is 17.0 Å². The molecule has 0 aliphatic carbocycles. The molecule has 0 spiro atoms. The zero-order chi connectivity index (χ0) is 14.9. The Hall–Kier alpha value is -2.10. The summed E-state index contributed by atoms with van der Waals surface area (Å²) < 4.78 is 0. The first-order valence-electron chi connectivity index (χ1n) is 6.93. The van der Waals surface area contributed by atoms with E-state index in [0.29, 0.717) is 5.69 Å². The minimum atomic E-state index is -0.0383. The number of carbonyl (C=O) groups excluding carboxylic acids is 2. The number of nitrogens with one attached hydrogen (secondary N) is 2. The second-order valence-electron chi connectivity index (χ2n) is 5.00. The summed E-state index contributed by atoms with van der Waals surface area (Å²) in [4.78, 5) is 26.0. The highest BCUT2D eigenvalue weighted by Crippen LogP contribution is 2.27. The molecule has 1 aliphatic heterocycles. The minimum absolute atomic E-state index is 0.0383. The fraction of sp³-hybridized carbons (Fsp3) is 0.375. The summed E-state index contributed by atoms with van der Waals surface area (Å²) in [5.74, 6) is -0.0383. The largest absolute Gasteiger partial charge is 0.352 e. The summed E-state index contributed by atoms with van der Waals surface area (Å²) in [5.41, 5.74) is 6.26. The lowest BCUT2D eigenvalue weighted by molar-refractivity contribution is -0.116. The van der Waals surface area contributed by atoms with Gasteiger partial charge in [-0.15, -0.1) is 0 Å². The van der Waals surface area contributed by atoms with E-state index in [1.807, 2.05) is 33.8 Å². The van der Waals surface area contributed by atoms with Crippen molar-refractivity contribution in [3.63, 3.8) is 0 Å². The quantitative estimate of drug-likeness (QED) is 0.828. The molecule has 0 radical (unpaired) electrons. The molecule has 0 aromatic carbocycles. The number of hydrogen-bond donors (Lipinski definition) is 2. The van der Waals surface area contributed by atoms with E-state index in [-0.39, 0.29) is 5.91 Å². The summed E-state index contributed by atoms with van der Waals surface area (Å²) in [7, 11) is 0. The third-order valence-electron chi connectivity index (χ3n) is 3.93. The molecule has 2 N–H and O–H groups in total. The van der Waals surface area contributed by atoms with Crippen molar-refractivity contribution in [1.82, 2.24) is 10.3 Å². The molecule has 4 nitrogen and oxygen atoms in total. The molecular formula is C16H20N2O2. The van der Waals surface area contributed by atoms with Crippen LogP contribution in [-0.2, 0) is 11.2 Å². The Bertz CT molecular complexity index is 633. The maximum atomic E-state index is 11.7. The molecule has 1 aliphatic rings. The number of allylic oxidation sites excluding steroid dienone is 1. The topological polar surface area (TPSA) is 62.0 Å². The summed E-state index contributed by atoms with van der Waals surface area (Å²) in [6.07, 6.45) is 4.39. The van der Waals surface area contributed by atoms with Gasteiger partial charge < -0.3 is 10.3 Å². The molecule has 0 fully saturated rings. The monoisotopic (exact) mass is 272 g/mol. The molecule has 1 amide bonds. The second-order valence-corrected chi connectivity index (χ2v) is 5.00. The zero-order valence-corrected chi connectivity index (χ0v) is 12.4. The smallest absolute Gasteiger partial charge is 0.251 e. The van der Waals surface area contributed by atoms with Crippen LogP contribution >= 0.6 is 0 Å². The average molecular weight is 272 g/mol. The van der Waals surface area contributed by atoms with Crippen LogP contribution in [0.2, 0.25) is 0 Å². The molecule has 106 valence electrons. The van der Waals surface area contributed by atoms with Crippen LogP contribution in [0, 0.1) is 6.92 Å². The molecule has 0 saturated heterocycles. The Balaban J connectivity index is 2.49. The fourth-order valence-electron chi connectivity index (χ4n) is 2.73. The molecule has 0 atom stereocenters. The van der Waals surface area contributed by atoms with Crippen molar-refractivity contribution in [3.8, 4) is 0 Å². The van der Waals surface area contributed by atoms with Gasteiger partial charge in [-0.25, -0.2) is 0 Å². The molecule has 0 unspecified atom stereocenters. The van der Waals surface area contributed by atoms with E-state index in [1.165, 1.54) is 0 Å². The second kappa shape index (κ2) is 5.49. The lowest BCUT2D eigenvalue weighted by Crippen LogP contribution is -2.15. The molecule has 1 aromatic heterocycles. The third-order valence-corrected chi connectivity index (χ3v) is 3.93. The van der Waals surface area contributed by atoms with Crippen molar-refractivity contribution in [3.05, 3.63) is 39.4 Å². The number of aldehydes is 1. The van der Waals surface area contributed by atoms with Crippen molar-refractivity contribution < 1.29 is 9.59 Å². The third kappa shape index (κ3) is 2.22. The van der Waals surface area contributed by atoms with E-state index in [2.05, 4.69) is 10.3 Å². The van der Waals surface area contributed by atoms with Crippen LogP contribution < -0.4 is 5.32 Å². The molecule has 2 heterocycles. The zero-order valence-electron chi connectivity index (χ0n) is 12.4. The number of aromatic nitrogens is 1. The van der Waals surface area contributed by atoms with Crippen LogP contribution in [-0.4, -0.2) is 17.2 Å². The predicted octanol–water partition coefficient (Wildman–Crippen LogP) is 2.90. The highest BCUT2D eigenvalue weighted by Gasteiger charge is 2.23. The highest BCUT2D eigenvalue weighted by atomic mass is 16.2. The lowest BCUT2D eigenvalue weighted by Gasteiger charge is -2.03. The van der Waals surface area contributed by atoms with Gasteiger partial charge in [-0.1, -0.05) is 13.8 Å². The van der Waals surface area contributed by atoms with Crippen molar-refractivity contribution in [2.24, 2.45) is 0 Å². The summed E-state index contributed by atoms with van der Waals surface area (Å²) in [5, 5.41) is 2.88. The van der Waals surface area contributed by atoms with Crippen LogP contribution in [0.15, 0.2) is 16.8 Å². The van der Waals surface area contributed by atoms with Crippen LogP contribution in [0.25, 0.3) is 6.08 Å². The number of amides is 1. The summed E-state index contributed by atoms with van der Waals surface area (Å²) in [6, 6.07) is 0. The van der Waals surface area contributed by atoms with Crippen molar-refractivity contribution in [2.45, 2.75) is 40.5 Å². The number of aromatic amines is 1. The van der Waals surface area contributed by atoms with Gasteiger partial charge in [0.2, 0.25) is 0 Å². The van der Waals surface area contributed by atoms with E-state index in [1.54, 1.807) is 0 Å². The van der Waals surface area contributed by atoms with Gasteiger partial charge in [0.1, 0.15) is 0 Å². The Morgan fingerprint density at radius 2 is 1.80 bits per heavy atom. The van der Waals surface area contributed by atoms with E-state index < -0.39 is 0 Å². The van der Waals surface area contributed by atoms with Crippen LogP contribution in [0.3, 0.4) is 0 Å². The summed E-state index contributed by atoms with van der Waals surface area (Å²) in [6.45, 7) is 7.89. The minimum Gasteiger partial charge on any atom is -0.352 e. The van der Waals surface area contributed by atoms with Crippen molar-refractivity contribution in [2.75, 3.05) is 0 Å². The first kappa shape index (κ1) is 14.3. The van der Waals surface area contributed by atoms with Gasteiger partial charge in [0.15, 0.2) is 6.29 Å². The van der Waals surface area contributed by atoms with Crippen LogP contribution in [0.5, 0.6) is 0 Å². The van der Waals surface area contributed by atoms with Gasteiger partial charge in [0.25, 0.3) is 5.91 Å². The van der Waals surface area contributed by atoms with E-state index in [4.69, 9.17) is 0 Å². The van der Waals surface area contributed by atoms with Crippen LogP contribution in [0.1, 0.15) is 54.5 Å². The Kier molecular flexibility index (Phi) is 3.93. The summed E-state index contributed by atoms with van der Waals surface area (Å²) >= 11 is 0. The van der Waals surface area contributed by atoms with Gasteiger partial charge >= 0.3 is 0 Å². The first-order chi connectivity index (χ1) is 9.53. The van der Waals surface area contributed by atoms with E-state index in [0.717, 1.165) is 52.8 Å². The number of H-pyrrole nitrogens is 1. The number of carbonyl (C=O) groups is 2. The molecule has 20 heavy (non-hydrogen) atoms. The molecule has 1 aromatic rings.